The van der Waals surface area contributed by atoms with Gasteiger partial charge in [-0.05, 0) is 51.0 Å². The second kappa shape index (κ2) is 29.0. The number of aromatic nitrogens is 9. The number of β-lactam (4-membered cyclic amide) rings is 1. The van der Waals surface area contributed by atoms with Gasteiger partial charge in [0.15, 0.2) is 0 Å². The molecule has 1 fully saturated rings. The molecular formula is C44H63N11O11. The lowest BCUT2D eigenvalue weighted by atomic mass is 9.94. The Labute approximate surface area is 383 Å². The number of amides is 3. The van der Waals surface area contributed by atoms with Gasteiger partial charge in [-0.2, -0.15) is 0 Å². The topological polar surface area (TPSA) is 248 Å². The van der Waals surface area contributed by atoms with E-state index in [2.05, 4.69) is 36.3 Å². The molecule has 66 heavy (non-hydrogen) atoms. The van der Waals surface area contributed by atoms with Gasteiger partial charge in [-0.1, -0.05) is 15.6 Å². The highest BCUT2D eigenvalue weighted by Crippen LogP contribution is 2.18. The van der Waals surface area contributed by atoms with Crippen LogP contribution in [-0.2, 0) is 81.9 Å². The Hall–Kier alpha value is -5.81. The first-order valence-electron chi connectivity index (χ1n) is 22.6. The molecule has 1 aliphatic rings. The zero-order chi connectivity index (χ0) is 46.8. The predicted molar refractivity (Wildman–Crippen MR) is 234 cm³/mol. The Morgan fingerprint density at radius 3 is 1.92 bits per heavy atom. The molecule has 0 spiro atoms. The van der Waals surface area contributed by atoms with E-state index in [4.69, 9.17) is 28.4 Å². The fourth-order valence-electron chi connectivity index (χ4n) is 6.56. The fraction of sp³-hybridized carbons (Fsp3) is 0.614. The van der Waals surface area contributed by atoms with Gasteiger partial charge < -0.3 is 33.7 Å². The van der Waals surface area contributed by atoms with Crippen LogP contribution in [0.15, 0.2) is 42.9 Å². The molecule has 4 heterocycles. The third-order valence-electron chi connectivity index (χ3n) is 10.3. The summed E-state index contributed by atoms with van der Waals surface area (Å²) in [5.74, 6) is -0.937. The molecule has 0 bridgehead atoms. The number of hydrogen-bond acceptors (Lipinski definition) is 17. The Morgan fingerprint density at radius 2 is 1.26 bits per heavy atom. The minimum Gasteiger partial charge on any atom is -0.491 e. The van der Waals surface area contributed by atoms with Crippen LogP contribution in [0.25, 0.3) is 0 Å². The quantitative estimate of drug-likeness (QED) is 0.0388. The molecule has 22 heteroatoms. The molecule has 1 unspecified atom stereocenters. The van der Waals surface area contributed by atoms with Gasteiger partial charge in [-0.3, -0.25) is 38.2 Å². The molecule has 0 radical (unpaired) electrons. The van der Waals surface area contributed by atoms with Crippen LogP contribution < -0.4 is 10.1 Å². The highest BCUT2D eigenvalue weighted by molar-refractivity contribution is 6.07. The summed E-state index contributed by atoms with van der Waals surface area (Å²) < 4.78 is 38.8. The van der Waals surface area contributed by atoms with Gasteiger partial charge in [0.1, 0.15) is 29.6 Å². The van der Waals surface area contributed by atoms with Crippen LogP contribution >= 0.6 is 0 Å². The molecule has 1 atom stereocenters. The number of ketones is 2. The summed E-state index contributed by atoms with van der Waals surface area (Å²) in [5, 5.41) is 27.4. The maximum atomic E-state index is 13.4. The van der Waals surface area contributed by atoms with Crippen molar-refractivity contribution in [1.29, 1.82) is 0 Å². The van der Waals surface area contributed by atoms with Gasteiger partial charge in [0.25, 0.3) is 5.91 Å². The van der Waals surface area contributed by atoms with Crippen LogP contribution in [0, 0.1) is 5.92 Å². The van der Waals surface area contributed by atoms with Crippen molar-refractivity contribution in [3.8, 4) is 5.75 Å². The van der Waals surface area contributed by atoms with E-state index in [1.807, 2.05) is 26.2 Å². The van der Waals surface area contributed by atoms with Crippen molar-refractivity contribution in [3.05, 3.63) is 65.5 Å². The second-order valence-electron chi connectivity index (χ2n) is 15.4. The van der Waals surface area contributed by atoms with E-state index in [-0.39, 0.29) is 68.1 Å². The van der Waals surface area contributed by atoms with Crippen LogP contribution in [0.1, 0.15) is 79.8 Å². The molecule has 22 nitrogen and oxygen atoms in total. The Bertz CT molecular complexity index is 2090. The van der Waals surface area contributed by atoms with Gasteiger partial charge in [-0.15, -0.1) is 15.3 Å². The largest absolute Gasteiger partial charge is 0.491 e. The molecule has 3 aromatic heterocycles. The average molecular weight is 922 g/mol. The monoisotopic (exact) mass is 921 g/mol. The number of hydrogen-bond donors (Lipinski definition) is 1. The molecule has 360 valence electrons. The number of Topliss-reactive ketones (excluding diaryl/α,β-unsaturated/α-hetero) is 2. The minimum absolute atomic E-state index is 0.00967. The van der Waals surface area contributed by atoms with E-state index in [1.54, 1.807) is 44.5 Å². The highest BCUT2D eigenvalue weighted by Gasteiger charge is 2.30. The van der Waals surface area contributed by atoms with Gasteiger partial charge in [-0.25, -0.2) is 4.68 Å². The summed E-state index contributed by atoms with van der Waals surface area (Å²) >= 11 is 0. The van der Waals surface area contributed by atoms with Crippen molar-refractivity contribution in [2.45, 2.75) is 91.5 Å². The summed E-state index contributed by atoms with van der Waals surface area (Å²) in [6, 6.07) is 6.64. The predicted octanol–water partition coefficient (Wildman–Crippen LogP) is 1.84. The number of nitrogens with one attached hydrogen (secondary N) is 1. The molecule has 1 aliphatic heterocycles. The Kier molecular flexibility index (Phi) is 22.5. The number of ether oxygens (including phenoxy) is 6. The lowest BCUT2D eigenvalue weighted by Gasteiger charge is -2.28. The summed E-state index contributed by atoms with van der Waals surface area (Å²) in [6.45, 7) is 10.3. The number of nitrogens with zero attached hydrogens (tertiary/aromatic N) is 10. The van der Waals surface area contributed by atoms with Crippen LogP contribution in [0.5, 0.6) is 5.75 Å². The maximum absolute atomic E-state index is 13.4. The number of rotatable bonds is 36. The Morgan fingerprint density at radius 1 is 0.667 bits per heavy atom. The average Bonchev–Trinajstić information content (AvgIpc) is 4.10. The lowest BCUT2D eigenvalue weighted by molar-refractivity contribution is -0.136. The van der Waals surface area contributed by atoms with Crippen molar-refractivity contribution in [2.75, 3.05) is 79.2 Å². The molecule has 4 aromatic rings. The third kappa shape index (κ3) is 18.6. The fourth-order valence-corrected chi connectivity index (χ4v) is 6.56. The molecule has 3 amide bonds. The van der Waals surface area contributed by atoms with Gasteiger partial charge in [0.2, 0.25) is 11.8 Å². The zero-order valence-corrected chi connectivity index (χ0v) is 38.1. The van der Waals surface area contributed by atoms with Crippen LogP contribution in [-0.4, -0.2) is 158 Å². The molecule has 1 aromatic carbocycles. The Balaban J connectivity index is 0.954. The number of likely N-dealkylation sites (tertiary alicyclic amines) is 1. The third-order valence-corrected chi connectivity index (χ3v) is 10.3. The molecule has 1 N–H and O–H groups in total. The van der Waals surface area contributed by atoms with Crippen molar-refractivity contribution in [1.82, 2.24) is 55.2 Å². The standard InChI is InChI=1S/C44H63N11O11/c1-3-52-30-36(46-49-52)10-11-39(56)6-5-7-40(57)29-35(43(59)45-15-18-61-20-22-63-24-25-65-33-38-32-53(4-2)50-48-38)28-37-31-54(51-47-37)17-19-62-21-23-64-26-27-66-41-12-8-34(9-13-41)44(60)55-16-14-42(55)58/h8-9,12-13,30-32,35H,3-7,10-11,14-29,33H2,1-2H3,(H,45,59). The second-order valence-corrected chi connectivity index (χ2v) is 15.4. The first kappa shape index (κ1) is 51.2. The summed E-state index contributed by atoms with van der Waals surface area (Å²) in [5.41, 5.74) is 2.51. The van der Waals surface area contributed by atoms with Crippen molar-refractivity contribution in [3.63, 3.8) is 0 Å². The van der Waals surface area contributed by atoms with Crippen molar-refractivity contribution >= 4 is 29.3 Å². The van der Waals surface area contributed by atoms with Crippen molar-refractivity contribution in [2.24, 2.45) is 5.92 Å². The highest BCUT2D eigenvalue weighted by atomic mass is 16.5. The van der Waals surface area contributed by atoms with E-state index in [1.165, 1.54) is 4.90 Å². The summed E-state index contributed by atoms with van der Waals surface area (Å²) in [7, 11) is 0. The first-order valence-corrected chi connectivity index (χ1v) is 22.6. The number of imide groups is 1. The zero-order valence-electron chi connectivity index (χ0n) is 38.1. The molecule has 5 rings (SSSR count). The smallest absolute Gasteiger partial charge is 0.260 e. The molecular weight excluding hydrogens is 859 g/mol. The van der Waals surface area contributed by atoms with E-state index in [0.717, 1.165) is 17.9 Å². The minimum atomic E-state index is -0.697. The van der Waals surface area contributed by atoms with E-state index in [0.29, 0.717) is 128 Å². The maximum Gasteiger partial charge on any atom is 0.260 e. The van der Waals surface area contributed by atoms with Crippen LogP contribution in [0.4, 0.5) is 0 Å². The van der Waals surface area contributed by atoms with E-state index < -0.39 is 5.92 Å². The summed E-state index contributed by atoms with van der Waals surface area (Å²) in [6.07, 6.45) is 7.66. The lowest BCUT2D eigenvalue weighted by Crippen LogP contribution is -2.47. The SMILES string of the molecule is CCn1cc(CCC(=O)CCCC(=O)CC(Cc2cn(CCOCCOCCOc3ccc(C(=O)N4CCC4=O)cc3)nn2)C(=O)NCCOCCOCCOCc2cn(CC)nn2)nn1. The van der Waals surface area contributed by atoms with Crippen LogP contribution in [0.2, 0.25) is 0 Å². The van der Waals surface area contributed by atoms with E-state index in [9.17, 15) is 24.0 Å². The van der Waals surface area contributed by atoms with E-state index >= 15 is 0 Å². The number of benzene rings is 1. The summed E-state index contributed by atoms with van der Waals surface area (Å²) in [4.78, 5) is 64.1. The number of carbonyl (C=O) groups is 5. The van der Waals surface area contributed by atoms with Crippen LogP contribution in [0.3, 0.4) is 0 Å². The molecule has 0 saturated carbocycles. The number of carbonyl (C=O) groups excluding carboxylic acids is 5. The number of aryl methyl sites for hydroxylation is 3. The normalized spacial score (nSPS) is 12.9. The van der Waals surface area contributed by atoms with Gasteiger partial charge >= 0.3 is 0 Å². The van der Waals surface area contributed by atoms with Gasteiger partial charge in [0.05, 0.1) is 96.1 Å². The molecule has 0 aliphatic carbocycles. The van der Waals surface area contributed by atoms with Crippen molar-refractivity contribution < 1.29 is 52.4 Å². The molecule has 1 saturated heterocycles. The first-order chi connectivity index (χ1) is 32.2. The van der Waals surface area contributed by atoms with Gasteiger partial charge in [0, 0.05) is 82.7 Å².